The number of fused-ring (bicyclic) bond motifs is 3. The van der Waals surface area contributed by atoms with Crippen LogP contribution in [0, 0.1) is 11.8 Å². The molecule has 0 spiro atoms. The third-order valence-electron chi connectivity index (χ3n) is 6.16. The zero-order valence-corrected chi connectivity index (χ0v) is 14.9. The van der Waals surface area contributed by atoms with Crippen LogP contribution >= 0.6 is 0 Å². The van der Waals surface area contributed by atoms with Crippen molar-refractivity contribution in [1.82, 2.24) is 0 Å². The van der Waals surface area contributed by atoms with Gasteiger partial charge in [0.25, 0.3) is 0 Å². The van der Waals surface area contributed by atoms with E-state index in [4.69, 9.17) is 0 Å². The van der Waals surface area contributed by atoms with E-state index in [9.17, 15) is 4.79 Å². The maximum atomic E-state index is 11.9. The van der Waals surface area contributed by atoms with Gasteiger partial charge in [-0.25, -0.2) is 0 Å². The lowest BCUT2D eigenvalue weighted by Gasteiger charge is -2.28. The summed E-state index contributed by atoms with van der Waals surface area (Å²) in [4.78, 5) is 11.9. The van der Waals surface area contributed by atoms with E-state index in [-0.39, 0.29) is 5.91 Å². The minimum atomic E-state index is 0.0996. The highest BCUT2D eigenvalue weighted by atomic mass is 16.1. The van der Waals surface area contributed by atoms with E-state index in [0.29, 0.717) is 12.3 Å². The summed E-state index contributed by atoms with van der Waals surface area (Å²) < 4.78 is 0. The first-order valence-corrected chi connectivity index (χ1v) is 9.68. The van der Waals surface area contributed by atoms with Gasteiger partial charge in [0, 0.05) is 11.6 Å². The predicted molar refractivity (Wildman–Crippen MR) is 107 cm³/mol. The van der Waals surface area contributed by atoms with E-state index in [1.165, 1.54) is 41.5 Å². The molecule has 2 heteroatoms. The van der Waals surface area contributed by atoms with Gasteiger partial charge in [0.15, 0.2) is 0 Å². The van der Waals surface area contributed by atoms with Gasteiger partial charge in [-0.3, -0.25) is 4.79 Å². The number of aryl methyl sites for hydroxylation is 1. The van der Waals surface area contributed by atoms with E-state index < -0.39 is 0 Å². The van der Waals surface area contributed by atoms with Crippen LogP contribution < -0.4 is 5.32 Å². The molecule has 0 saturated heterocycles. The van der Waals surface area contributed by atoms with Crippen molar-refractivity contribution < 1.29 is 4.79 Å². The molecule has 5 rings (SSSR count). The first-order valence-electron chi connectivity index (χ1n) is 9.68. The Morgan fingerprint density at radius 3 is 2.92 bits per heavy atom. The smallest absolute Gasteiger partial charge is 0.228 e. The van der Waals surface area contributed by atoms with Crippen molar-refractivity contribution in [3.05, 3.63) is 76.9 Å². The maximum absolute atomic E-state index is 11.9. The molecule has 2 atom stereocenters. The Morgan fingerprint density at radius 1 is 1.04 bits per heavy atom. The summed E-state index contributed by atoms with van der Waals surface area (Å²) in [5, 5.41) is 2.98. The van der Waals surface area contributed by atoms with E-state index in [2.05, 4.69) is 53.9 Å². The monoisotopic (exact) mass is 341 g/mol. The van der Waals surface area contributed by atoms with Crippen molar-refractivity contribution in [2.75, 3.05) is 5.32 Å². The molecule has 1 N–H and O–H groups in total. The van der Waals surface area contributed by atoms with Crippen molar-refractivity contribution >= 4 is 23.2 Å². The van der Waals surface area contributed by atoms with Gasteiger partial charge in [-0.1, -0.05) is 54.6 Å². The fraction of sp³-hybridized carbons (Fsp3) is 0.292. The molecule has 0 bridgehead atoms. The number of allylic oxidation sites excluding steroid dienone is 3. The molecular weight excluding hydrogens is 318 g/mol. The van der Waals surface area contributed by atoms with E-state index in [1.807, 2.05) is 12.1 Å². The largest absolute Gasteiger partial charge is 0.326 e. The van der Waals surface area contributed by atoms with Crippen molar-refractivity contribution in [3.8, 4) is 0 Å². The second kappa shape index (κ2) is 6.28. The van der Waals surface area contributed by atoms with Gasteiger partial charge in [0.05, 0.1) is 6.42 Å². The molecule has 0 radical (unpaired) electrons. The molecule has 3 aliphatic rings. The number of carbonyl (C=O) groups is 1. The molecular formula is C24H23NO. The van der Waals surface area contributed by atoms with E-state index >= 15 is 0 Å². The molecule has 2 nitrogen and oxygen atoms in total. The number of carbonyl (C=O) groups excluding carboxylic acids is 1. The highest BCUT2D eigenvalue weighted by Crippen LogP contribution is 2.44. The Morgan fingerprint density at radius 2 is 1.96 bits per heavy atom. The van der Waals surface area contributed by atoms with Gasteiger partial charge in [-0.15, -0.1) is 0 Å². The van der Waals surface area contributed by atoms with Crippen LogP contribution in [0.3, 0.4) is 0 Å². The average Bonchev–Trinajstić information content (AvgIpc) is 2.98. The molecule has 1 aliphatic heterocycles. The molecule has 2 aromatic rings. The second-order valence-corrected chi connectivity index (χ2v) is 7.69. The van der Waals surface area contributed by atoms with Crippen LogP contribution in [0.2, 0.25) is 0 Å². The minimum Gasteiger partial charge on any atom is -0.326 e. The number of hydrogen-bond acceptors (Lipinski definition) is 1. The summed E-state index contributed by atoms with van der Waals surface area (Å²) in [5.41, 5.74) is 7.58. The van der Waals surface area contributed by atoms with Crippen molar-refractivity contribution in [3.63, 3.8) is 0 Å². The zero-order valence-electron chi connectivity index (χ0n) is 14.9. The van der Waals surface area contributed by atoms with Gasteiger partial charge in [-0.05, 0) is 65.5 Å². The summed E-state index contributed by atoms with van der Waals surface area (Å²) >= 11 is 0. The molecule has 130 valence electrons. The Balaban J connectivity index is 1.69. The van der Waals surface area contributed by atoms with Crippen LogP contribution in [-0.4, -0.2) is 5.91 Å². The number of rotatable bonds is 1. The summed E-state index contributed by atoms with van der Waals surface area (Å²) in [5.74, 6) is 1.30. The average molecular weight is 341 g/mol. The quantitative estimate of drug-likeness (QED) is 0.705. The molecule has 26 heavy (non-hydrogen) atoms. The molecule has 2 unspecified atom stereocenters. The van der Waals surface area contributed by atoms with E-state index in [1.54, 1.807) is 0 Å². The highest BCUT2D eigenvalue weighted by molar-refractivity contribution is 6.01. The lowest BCUT2D eigenvalue weighted by molar-refractivity contribution is -0.115. The lowest BCUT2D eigenvalue weighted by Crippen LogP contribution is -2.16. The maximum Gasteiger partial charge on any atom is 0.228 e. The molecule has 0 fully saturated rings. The highest BCUT2D eigenvalue weighted by Gasteiger charge is 2.30. The third kappa shape index (κ3) is 2.61. The third-order valence-corrected chi connectivity index (χ3v) is 6.16. The Hall–Kier alpha value is -2.61. The fourth-order valence-electron chi connectivity index (χ4n) is 4.86. The predicted octanol–water partition coefficient (Wildman–Crippen LogP) is 5.25. The molecule has 0 saturated carbocycles. The van der Waals surface area contributed by atoms with Crippen LogP contribution in [0.5, 0.6) is 0 Å². The van der Waals surface area contributed by atoms with E-state index in [0.717, 1.165) is 23.6 Å². The van der Waals surface area contributed by atoms with Crippen molar-refractivity contribution in [2.24, 2.45) is 11.8 Å². The molecule has 1 heterocycles. The standard InChI is InChI=1S/C24H23NO/c26-24-15-21-18(8-5-11-23(21)25-24)14-22-19-9-3-1-6-16(19)12-13-17-7-2-4-10-20(17)22/h1,3-6,8-11,14,17,20H,2,7,12-13,15H2,(H,25,26)/b22-14+. The summed E-state index contributed by atoms with van der Waals surface area (Å²) in [7, 11) is 0. The molecule has 2 aromatic carbocycles. The first kappa shape index (κ1) is 15.6. The van der Waals surface area contributed by atoms with Crippen LogP contribution in [0.25, 0.3) is 11.6 Å². The minimum absolute atomic E-state index is 0.0996. The van der Waals surface area contributed by atoms with Crippen LogP contribution in [0.15, 0.2) is 54.6 Å². The number of benzene rings is 2. The number of amides is 1. The fourth-order valence-corrected chi connectivity index (χ4v) is 4.86. The topological polar surface area (TPSA) is 29.1 Å². The Kier molecular flexibility index (Phi) is 3.77. The van der Waals surface area contributed by atoms with Gasteiger partial charge < -0.3 is 5.32 Å². The molecule has 1 amide bonds. The summed E-state index contributed by atoms with van der Waals surface area (Å²) in [6, 6.07) is 15.1. The first-order chi connectivity index (χ1) is 12.8. The normalized spacial score (nSPS) is 25.2. The van der Waals surface area contributed by atoms with Gasteiger partial charge in [0.2, 0.25) is 5.91 Å². The number of anilines is 1. The molecule has 0 aromatic heterocycles. The Labute approximate surface area is 154 Å². The van der Waals surface area contributed by atoms with Gasteiger partial charge in [-0.2, -0.15) is 0 Å². The second-order valence-electron chi connectivity index (χ2n) is 7.69. The number of nitrogens with one attached hydrogen (secondary N) is 1. The van der Waals surface area contributed by atoms with Gasteiger partial charge in [0.1, 0.15) is 0 Å². The Bertz CT molecular complexity index is 937. The lowest BCUT2D eigenvalue weighted by atomic mass is 9.76. The summed E-state index contributed by atoms with van der Waals surface area (Å²) in [6.45, 7) is 0. The zero-order chi connectivity index (χ0) is 17.5. The van der Waals surface area contributed by atoms with Crippen LogP contribution in [0.1, 0.15) is 41.5 Å². The van der Waals surface area contributed by atoms with Crippen LogP contribution in [0.4, 0.5) is 5.69 Å². The van der Waals surface area contributed by atoms with Crippen LogP contribution in [-0.2, 0) is 17.6 Å². The summed E-state index contributed by atoms with van der Waals surface area (Å²) in [6.07, 6.45) is 12.5. The molecule has 2 aliphatic carbocycles. The van der Waals surface area contributed by atoms with Crippen molar-refractivity contribution in [1.29, 1.82) is 0 Å². The van der Waals surface area contributed by atoms with Gasteiger partial charge >= 0.3 is 0 Å². The SMILES string of the molecule is O=C1Cc2c(/C=C3\c4ccccc4CCC4CCC=CC34)cccc2N1. The van der Waals surface area contributed by atoms with Crippen molar-refractivity contribution in [2.45, 2.75) is 32.1 Å². The number of hydrogen-bond donors (Lipinski definition) is 1.